The first-order chi connectivity index (χ1) is 13.7. The summed E-state index contributed by atoms with van der Waals surface area (Å²) in [5.74, 6) is 2.60. The van der Waals surface area contributed by atoms with Gasteiger partial charge in [0.05, 0.1) is 29.9 Å². The lowest BCUT2D eigenvalue weighted by Crippen LogP contribution is -1.89. The fourth-order valence-corrected chi connectivity index (χ4v) is 3.30. The number of benzene rings is 2. The maximum atomic E-state index is 6.15. The summed E-state index contributed by atoms with van der Waals surface area (Å²) < 4.78 is 16.5. The zero-order valence-corrected chi connectivity index (χ0v) is 16.4. The summed E-state index contributed by atoms with van der Waals surface area (Å²) in [5, 5.41) is 17.2. The fourth-order valence-electron chi connectivity index (χ4n) is 2.46. The van der Waals surface area contributed by atoms with Crippen LogP contribution in [0, 0.1) is 0 Å². The number of hydrogen-bond donors (Lipinski definition) is 0. The van der Waals surface area contributed by atoms with Crippen molar-refractivity contribution in [1.82, 2.24) is 20.4 Å². The van der Waals surface area contributed by atoms with E-state index in [1.54, 1.807) is 13.2 Å². The zero-order chi connectivity index (χ0) is 19.3. The predicted octanol–water partition coefficient (Wildman–Crippen LogP) is 4.66. The normalized spacial score (nSPS) is 10.9. The maximum absolute atomic E-state index is 6.15. The van der Waals surface area contributed by atoms with Gasteiger partial charge in [-0.25, -0.2) is 0 Å². The van der Waals surface area contributed by atoms with Crippen LogP contribution >= 0.6 is 23.4 Å². The second kappa shape index (κ2) is 8.45. The van der Waals surface area contributed by atoms with E-state index in [1.165, 1.54) is 11.8 Å². The Morgan fingerprint density at radius 2 is 1.71 bits per heavy atom. The molecule has 0 fully saturated rings. The van der Waals surface area contributed by atoms with Crippen LogP contribution in [0.15, 0.2) is 62.6 Å². The summed E-state index contributed by atoms with van der Waals surface area (Å²) in [6, 6.07) is 15.0. The van der Waals surface area contributed by atoms with Crippen molar-refractivity contribution in [2.75, 3.05) is 7.11 Å². The number of ether oxygens (including phenoxy) is 1. The molecule has 2 aromatic heterocycles. The van der Waals surface area contributed by atoms with Crippen LogP contribution in [-0.4, -0.2) is 27.5 Å². The molecule has 0 spiro atoms. The van der Waals surface area contributed by atoms with Crippen LogP contribution in [0.3, 0.4) is 0 Å². The van der Waals surface area contributed by atoms with Gasteiger partial charge in [0.1, 0.15) is 5.75 Å². The number of thioether (sulfide) groups is 1. The van der Waals surface area contributed by atoms with E-state index in [2.05, 4.69) is 20.4 Å². The average molecular weight is 415 g/mol. The molecule has 0 unspecified atom stereocenters. The number of aromatic nitrogens is 4. The van der Waals surface area contributed by atoms with Crippen LogP contribution in [0.5, 0.6) is 5.75 Å². The molecule has 0 aliphatic rings. The smallest absolute Gasteiger partial charge is 0.277 e. The zero-order valence-electron chi connectivity index (χ0n) is 14.8. The first-order valence-corrected chi connectivity index (χ1v) is 9.73. The lowest BCUT2D eigenvalue weighted by Gasteiger charge is -2.00. The molecule has 0 aliphatic heterocycles. The largest absolute Gasteiger partial charge is 0.497 e. The molecule has 0 amide bonds. The monoisotopic (exact) mass is 414 g/mol. The van der Waals surface area contributed by atoms with Crippen molar-refractivity contribution in [3.63, 3.8) is 0 Å². The Labute approximate surface area is 170 Å². The van der Waals surface area contributed by atoms with Gasteiger partial charge in [0.15, 0.2) is 0 Å². The van der Waals surface area contributed by atoms with E-state index < -0.39 is 0 Å². The highest BCUT2D eigenvalue weighted by Gasteiger charge is 2.14. The van der Waals surface area contributed by atoms with Crippen LogP contribution in [0.1, 0.15) is 17.3 Å². The van der Waals surface area contributed by atoms with Gasteiger partial charge < -0.3 is 13.6 Å². The number of rotatable bonds is 7. The Morgan fingerprint density at radius 3 is 2.50 bits per heavy atom. The molecule has 2 heterocycles. The summed E-state index contributed by atoms with van der Waals surface area (Å²) in [5.41, 5.74) is 1.76. The van der Waals surface area contributed by atoms with Gasteiger partial charge in [0.2, 0.25) is 17.7 Å². The first-order valence-electron chi connectivity index (χ1n) is 8.36. The number of nitrogens with zero attached hydrogens (tertiary/aromatic N) is 4. The third-order valence-corrected chi connectivity index (χ3v) is 4.99. The molecule has 0 aliphatic carbocycles. The van der Waals surface area contributed by atoms with Crippen LogP contribution in [-0.2, 0) is 12.2 Å². The molecule has 28 heavy (non-hydrogen) atoms. The van der Waals surface area contributed by atoms with Crippen LogP contribution < -0.4 is 4.74 Å². The molecule has 7 nitrogen and oxygen atoms in total. The van der Waals surface area contributed by atoms with Crippen molar-refractivity contribution in [2.45, 2.75) is 17.4 Å². The van der Waals surface area contributed by atoms with E-state index in [-0.39, 0.29) is 0 Å². The highest BCUT2D eigenvalue weighted by Crippen LogP contribution is 2.28. The highest BCUT2D eigenvalue weighted by atomic mass is 35.5. The Morgan fingerprint density at radius 1 is 0.929 bits per heavy atom. The molecule has 0 saturated heterocycles. The summed E-state index contributed by atoms with van der Waals surface area (Å²) in [7, 11) is 1.64. The lowest BCUT2D eigenvalue weighted by molar-refractivity contribution is 0.413. The minimum Gasteiger partial charge on any atom is -0.497 e. The van der Waals surface area contributed by atoms with E-state index in [4.69, 9.17) is 25.2 Å². The van der Waals surface area contributed by atoms with Gasteiger partial charge in [-0.05, 0) is 29.8 Å². The van der Waals surface area contributed by atoms with Gasteiger partial charge in [-0.15, -0.1) is 20.4 Å². The molecule has 4 aromatic rings. The summed E-state index contributed by atoms with van der Waals surface area (Å²) in [6.45, 7) is 0. The number of methoxy groups -OCH3 is 1. The highest BCUT2D eigenvalue weighted by molar-refractivity contribution is 7.98. The van der Waals surface area contributed by atoms with Crippen molar-refractivity contribution in [2.24, 2.45) is 0 Å². The predicted molar refractivity (Wildman–Crippen MR) is 104 cm³/mol. The molecule has 142 valence electrons. The van der Waals surface area contributed by atoms with Crippen molar-refractivity contribution in [1.29, 1.82) is 0 Å². The summed E-state index contributed by atoms with van der Waals surface area (Å²) in [4.78, 5) is 0. The Hall–Kier alpha value is -2.84. The topological polar surface area (TPSA) is 87.1 Å². The summed E-state index contributed by atoms with van der Waals surface area (Å²) >= 11 is 7.49. The molecule has 0 atom stereocenters. The van der Waals surface area contributed by atoms with Crippen molar-refractivity contribution in [3.8, 4) is 17.2 Å². The Balaban J connectivity index is 1.36. The lowest BCUT2D eigenvalue weighted by atomic mass is 10.1. The van der Waals surface area contributed by atoms with Crippen molar-refractivity contribution >= 4 is 23.4 Å². The average Bonchev–Trinajstić information content (AvgIpc) is 3.37. The minimum atomic E-state index is 0.381. The molecular formula is C19H15ClN4O3S. The Bertz CT molecular complexity index is 1060. The molecular weight excluding hydrogens is 400 g/mol. The van der Waals surface area contributed by atoms with Gasteiger partial charge in [0.25, 0.3) is 5.22 Å². The molecule has 0 bridgehead atoms. The molecule has 0 N–H and O–H groups in total. The Kier molecular flexibility index (Phi) is 5.59. The van der Waals surface area contributed by atoms with Gasteiger partial charge in [0, 0.05) is 0 Å². The SMILES string of the molecule is COc1ccc(Cc2nnc(SCc3nnc(-c4ccccc4Cl)o3)o2)cc1. The fraction of sp³-hybridized carbons (Fsp3) is 0.158. The van der Waals surface area contributed by atoms with E-state index in [0.29, 0.717) is 45.7 Å². The quantitative estimate of drug-likeness (QED) is 0.403. The van der Waals surface area contributed by atoms with Gasteiger partial charge in [-0.1, -0.05) is 47.6 Å². The number of halogens is 1. The van der Waals surface area contributed by atoms with Crippen molar-refractivity contribution < 1.29 is 13.6 Å². The van der Waals surface area contributed by atoms with E-state index >= 15 is 0 Å². The van der Waals surface area contributed by atoms with E-state index in [9.17, 15) is 0 Å². The molecule has 2 aromatic carbocycles. The molecule has 0 radical (unpaired) electrons. The summed E-state index contributed by atoms with van der Waals surface area (Å²) in [6.07, 6.45) is 0.550. The standard InChI is InChI=1S/C19H15ClN4O3S/c1-25-13-8-6-12(7-9-13)10-16-21-24-19(27-16)28-11-17-22-23-18(26-17)14-4-2-3-5-15(14)20/h2-9H,10-11H2,1H3. The van der Waals surface area contributed by atoms with Gasteiger partial charge in [-0.2, -0.15) is 0 Å². The van der Waals surface area contributed by atoms with Crippen molar-refractivity contribution in [3.05, 3.63) is 70.9 Å². The second-order valence-corrected chi connectivity index (χ2v) is 7.09. The molecule has 4 rings (SSSR count). The molecule has 0 saturated carbocycles. The van der Waals surface area contributed by atoms with Crippen LogP contribution in [0.4, 0.5) is 0 Å². The minimum absolute atomic E-state index is 0.381. The van der Waals surface area contributed by atoms with Gasteiger partial charge >= 0.3 is 0 Å². The van der Waals surface area contributed by atoms with E-state index in [1.807, 2.05) is 42.5 Å². The maximum Gasteiger partial charge on any atom is 0.277 e. The van der Waals surface area contributed by atoms with Gasteiger partial charge in [-0.3, -0.25) is 0 Å². The first kappa shape index (κ1) is 18.5. The third-order valence-electron chi connectivity index (χ3n) is 3.85. The molecule has 9 heteroatoms. The second-order valence-electron chi connectivity index (χ2n) is 5.76. The van der Waals surface area contributed by atoms with E-state index in [0.717, 1.165) is 11.3 Å². The van der Waals surface area contributed by atoms with Crippen LogP contribution in [0.25, 0.3) is 11.5 Å². The third kappa shape index (κ3) is 4.35. The number of hydrogen-bond acceptors (Lipinski definition) is 8. The van der Waals surface area contributed by atoms with Crippen LogP contribution in [0.2, 0.25) is 5.02 Å².